The summed E-state index contributed by atoms with van der Waals surface area (Å²) in [6, 6.07) is 7.31. The quantitative estimate of drug-likeness (QED) is 0.513. The molecular formula is C16H9F6N3O2S. The van der Waals surface area contributed by atoms with Crippen molar-refractivity contribution in [3.05, 3.63) is 71.7 Å². The van der Waals surface area contributed by atoms with Crippen molar-refractivity contribution in [1.82, 2.24) is 9.89 Å². The fraction of sp³-hybridized carbons (Fsp3) is 0.0625. The van der Waals surface area contributed by atoms with Gasteiger partial charge in [-0.15, -0.1) is 5.10 Å². The summed E-state index contributed by atoms with van der Waals surface area (Å²) in [5, 5.41) is 3.08. The van der Waals surface area contributed by atoms with E-state index in [0.29, 0.717) is 12.1 Å². The Morgan fingerprint density at radius 2 is 1.50 bits per heavy atom. The summed E-state index contributed by atoms with van der Waals surface area (Å²) < 4.78 is 104. The summed E-state index contributed by atoms with van der Waals surface area (Å²) in [4.78, 5) is 1.58. The van der Waals surface area contributed by atoms with Crippen LogP contribution in [0, 0.1) is 17.5 Å². The molecule has 0 aliphatic heterocycles. The Hall–Kier alpha value is -3.02. The molecule has 0 amide bonds. The number of hydrogen-bond donors (Lipinski definition) is 1. The van der Waals surface area contributed by atoms with E-state index in [1.807, 2.05) is 0 Å². The van der Waals surface area contributed by atoms with Gasteiger partial charge in [0.1, 0.15) is 5.82 Å². The molecular weight excluding hydrogens is 412 g/mol. The normalized spacial score (nSPS) is 12.2. The number of nitrogens with zero attached hydrogens (tertiary/aromatic N) is 2. The van der Waals surface area contributed by atoms with Crippen LogP contribution in [0.5, 0.6) is 0 Å². The monoisotopic (exact) mass is 421 g/mol. The highest BCUT2D eigenvalue weighted by Gasteiger charge is 2.36. The molecule has 1 N–H and O–H groups in total. The summed E-state index contributed by atoms with van der Waals surface area (Å²) >= 11 is 0. The standard InChI is InChI=1S/C16H9F6N3O2S/c17-11-7-13(19)12(18)6-10(11)14-8-15(16(20,21)22)23-25(14)24-28(26,27)9-4-2-1-3-5-9/h1-8,24H. The molecule has 0 spiro atoms. The summed E-state index contributed by atoms with van der Waals surface area (Å²) in [6.45, 7) is 0. The van der Waals surface area contributed by atoms with E-state index in [2.05, 4.69) is 5.10 Å². The minimum atomic E-state index is -5.01. The van der Waals surface area contributed by atoms with Crippen LogP contribution >= 0.6 is 0 Å². The van der Waals surface area contributed by atoms with Gasteiger partial charge in [0.15, 0.2) is 17.3 Å². The first kappa shape index (κ1) is 19.7. The van der Waals surface area contributed by atoms with Gasteiger partial charge in [-0.2, -0.15) is 31.2 Å². The Labute approximate surface area is 154 Å². The molecule has 12 heteroatoms. The van der Waals surface area contributed by atoms with Crippen molar-refractivity contribution in [2.24, 2.45) is 0 Å². The highest BCUT2D eigenvalue weighted by atomic mass is 32.2. The minimum Gasteiger partial charge on any atom is -0.206 e. The van der Waals surface area contributed by atoms with Gasteiger partial charge in [-0.3, -0.25) is 0 Å². The lowest BCUT2D eigenvalue weighted by Crippen LogP contribution is -2.25. The maximum Gasteiger partial charge on any atom is 0.435 e. The first-order valence-electron chi connectivity index (χ1n) is 7.39. The zero-order chi connectivity index (χ0) is 20.7. The number of hydrogen-bond acceptors (Lipinski definition) is 3. The van der Waals surface area contributed by atoms with Crippen LogP contribution in [0.3, 0.4) is 0 Å². The van der Waals surface area contributed by atoms with E-state index in [-0.39, 0.29) is 15.8 Å². The molecule has 3 aromatic rings. The molecule has 0 fully saturated rings. The maximum atomic E-state index is 14.1. The van der Waals surface area contributed by atoms with Crippen LogP contribution in [0.25, 0.3) is 11.3 Å². The van der Waals surface area contributed by atoms with E-state index >= 15 is 0 Å². The van der Waals surface area contributed by atoms with Crippen molar-refractivity contribution >= 4 is 10.0 Å². The Kier molecular flexibility index (Phi) is 4.83. The first-order valence-corrected chi connectivity index (χ1v) is 8.87. The third-order valence-electron chi connectivity index (χ3n) is 3.55. The average molecular weight is 421 g/mol. The summed E-state index contributed by atoms with van der Waals surface area (Å²) in [6.07, 6.45) is -5.01. The molecule has 0 atom stereocenters. The van der Waals surface area contributed by atoms with Crippen LogP contribution in [0.1, 0.15) is 5.69 Å². The van der Waals surface area contributed by atoms with Crippen LogP contribution in [-0.2, 0) is 16.2 Å². The number of aromatic nitrogens is 2. The third kappa shape index (κ3) is 3.81. The topological polar surface area (TPSA) is 64.0 Å². The molecule has 0 saturated carbocycles. The van der Waals surface area contributed by atoms with Gasteiger partial charge in [0.05, 0.1) is 10.6 Å². The molecule has 0 bridgehead atoms. The number of sulfonamides is 1. The molecule has 1 aromatic heterocycles. The molecule has 0 aliphatic carbocycles. The lowest BCUT2D eigenvalue weighted by Gasteiger charge is -2.12. The Balaban J connectivity index is 2.16. The molecule has 0 saturated heterocycles. The van der Waals surface area contributed by atoms with Crippen LogP contribution in [0.15, 0.2) is 53.4 Å². The maximum absolute atomic E-state index is 14.1. The van der Waals surface area contributed by atoms with Gasteiger partial charge in [0, 0.05) is 11.6 Å². The van der Waals surface area contributed by atoms with Gasteiger partial charge >= 0.3 is 6.18 Å². The van der Waals surface area contributed by atoms with Crippen LogP contribution in [-0.4, -0.2) is 18.3 Å². The zero-order valence-corrected chi connectivity index (χ0v) is 14.3. The molecule has 0 unspecified atom stereocenters. The smallest absolute Gasteiger partial charge is 0.206 e. The highest BCUT2D eigenvalue weighted by molar-refractivity contribution is 7.92. The van der Waals surface area contributed by atoms with Crippen LogP contribution in [0.2, 0.25) is 0 Å². The summed E-state index contributed by atoms with van der Waals surface area (Å²) in [5.41, 5.74) is -3.16. The van der Waals surface area contributed by atoms with Crippen molar-refractivity contribution in [3.8, 4) is 11.3 Å². The molecule has 5 nitrogen and oxygen atoms in total. The van der Waals surface area contributed by atoms with Crippen molar-refractivity contribution in [3.63, 3.8) is 0 Å². The van der Waals surface area contributed by atoms with Gasteiger partial charge in [-0.25, -0.2) is 13.2 Å². The molecule has 148 valence electrons. The predicted octanol–water partition coefficient (Wildman–Crippen LogP) is 3.92. The summed E-state index contributed by atoms with van der Waals surface area (Å²) in [7, 11) is -4.41. The van der Waals surface area contributed by atoms with E-state index in [1.165, 1.54) is 18.2 Å². The van der Waals surface area contributed by atoms with Crippen LogP contribution < -0.4 is 4.83 Å². The molecule has 3 rings (SSSR count). The van der Waals surface area contributed by atoms with E-state index in [9.17, 15) is 34.8 Å². The molecule has 0 radical (unpaired) electrons. The molecule has 1 heterocycles. The van der Waals surface area contributed by atoms with Crippen molar-refractivity contribution in [1.29, 1.82) is 0 Å². The number of rotatable bonds is 4. The Morgan fingerprint density at radius 3 is 2.11 bits per heavy atom. The van der Waals surface area contributed by atoms with Gasteiger partial charge < -0.3 is 0 Å². The van der Waals surface area contributed by atoms with E-state index in [1.54, 1.807) is 4.83 Å². The average Bonchev–Trinajstić information content (AvgIpc) is 3.02. The third-order valence-corrected chi connectivity index (χ3v) is 4.85. The lowest BCUT2D eigenvalue weighted by molar-refractivity contribution is -0.141. The largest absolute Gasteiger partial charge is 0.435 e. The molecule has 0 aliphatic rings. The predicted molar refractivity (Wildman–Crippen MR) is 85.5 cm³/mol. The number of halogens is 6. The fourth-order valence-electron chi connectivity index (χ4n) is 2.27. The van der Waals surface area contributed by atoms with E-state index in [4.69, 9.17) is 0 Å². The van der Waals surface area contributed by atoms with Gasteiger partial charge in [0.2, 0.25) is 0 Å². The SMILES string of the molecule is O=S(=O)(Nn1nc(C(F)(F)F)cc1-c1cc(F)c(F)cc1F)c1ccccc1. The Morgan fingerprint density at radius 1 is 0.893 bits per heavy atom. The van der Waals surface area contributed by atoms with Gasteiger partial charge in [-0.1, -0.05) is 18.2 Å². The zero-order valence-electron chi connectivity index (χ0n) is 13.5. The number of alkyl halides is 3. The molecule has 28 heavy (non-hydrogen) atoms. The highest BCUT2D eigenvalue weighted by Crippen LogP contribution is 2.33. The van der Waals surface area contributed by atoms with Gasteiger partial charge in [0.25, 0.3) is 10.0 Å². The van der Waals surface area contributed by atoms with Crippen LogP contribution in [0.4, 0.5) is 26.3 Å². The second-order valence-corrected chi connectivity index (χ2v) is 7.14. The second kappa shape index (κ2) is 6.86. The van der Waals surface area contributed by atoms with E-state index < -0.39 is 50.6 Å². The number of nitrogens with one attached hydrogen (secondary N) is 1. The van der Waals surface area contributed by atoms with Crippen molar-refractivity contribution in [2.75, 3.05) is 4.83 Å². The second-order valence-electron chi connectivity index (χ2n) is 5.48. The minimum absolute atomic E-state index is 0.126. The fourth-order valence-corrected chi connectivity index (χ4v) is 3.25. The Bertz CT molecular complexity index is 1130. The lowest BCUT2D eigenvalue weighted by atomic mass is 10.1. The van der Waals surface area contributed by atoms with Gasteiger partial charge in [-0.05, 0) is 24.3 Å². The number of benzene rings is 2. The van der Waals surface area contributed by atoms with Crippen molar-refractivity contribution in [2.45, 2.75) is 11.1 Å². The van der Waals surface area contributed by atoms with E-state index in [0.717, 1.165) is 12.1 Å². The summed E-state index contributed by atoms with van der Waals surface area (Å²) in [5.74, 6) is -4.51. The first-order chi connectivity index (χ1) is 13.0. The van der Waals surface area contributed by atoms with Crippen molar-refractivity contribution < 1.29 is 34.8 Å². The molecule has 2 aromatic carbocycles.